The molecule has 24 heavy (non-hydrogen) atoms. The van der Waals surface area contributed by atoms with E-state index in [1.165, 1.54) is 24.0 Å². The molecule has 0 aliphatic carbocycles. The lowest BCUT2D eigenvalue weighted by molar-refractivity contribution is 0.110. The molecule has 1 heterocycles. The highest BCUT2D eigenvalue weighted by Crippen LogP contribution is 2.25. The summed E-state index contributed by atoms with van der Waals surface area (Å²) in [7, 11) is 0. The number of nitrogens with one attached hydrogen (secondary N) is 1. The zero-order valence-corrected chi connectivity index (χ0v) is 14.8. The average Bonchev–Trinajstić information content (AvgIpc) is 3.13. The molecule has 0 spiro atoms. The Hall–Kier alpha value is -1.35. The molecule has 1 saturated heterocycles. The van der Waals surface area contributed by atoms with E-state index < -0.39 is 0 Å². The number of ether oxygens (including phenoxy) is 1. The van der Waals surface area contributed by atoms with Gasteiger partial charge >= 0.3 is 0 Å². The summed E-state index contributed by atoms with van der Waals surface area (Å²) in [6, 6.07) is 19.0. The fourth-order valence-corrected chi connectivity index (χ4v) is 3.49. The molecule has 0 radical (unpaired) electrons. The third kappa shape index (κ3) is 5.34. The lowest BCUT2D eigenvalue weighted by Gasteiger charge is -2.19. The topological polar surface area (TPSA) is 21.3 Å². The monoisotopic (exact) mass is 343 g/mol. The predicted octanol–water partition coefficient (Wildman–Crippen LogP) is 4.83. The highest BCUT2D eigenvalue weighted by molar-refractivity contribution is 6.30. The van der Waals surface area contributed by atoms with Gasteiger partial charge in [-0.15, -0.1) is 0 Å². The molecule has 2 atom stereocenters. The first-order valence-electron chi connectivity index (χ1n) is 8.93. The summed E-state index contributed by atoms with van der Waals surface area (Å²) in [5.74, 6) is 0.502. The average molecular weight is 344 g/mol. The second-order valence-corrected chi connectivity index (χ2v) is 7.00. The molecule has 0 saturated carbocycles. The van der Waals surface area contributed by atoms with E-state index in [0.717, 1.165) is 37.6 Å². The molecule has 0 bridgehead atoms. The molecule has 0 unspecified atom stereocenters. The van der Waals surface area contributed by atoms with Gasteiger partial charge in [-0.1, -0.05) is 54.1 Å². The van der Waals surface area contributed by atoms with Crippen molar-refractivity contribution in [2.75, 3.05) is 19.7 Å². The molecular formula is C21H26ClNO. The standard InChI is InChI=1S/C21H26ClNO/c22-20-10-8-18(9-11-20)19(15-17-5-2-1-3-6-17)12-13-23-16-21-7-4-14-24-21/h1-3,5-6,8-11,19,21,23H,4,7,12-16H2/t19-,21+/m1/s1. The van der Waals surface area contributed by atoms with Gasteiger partial charge in [-0.25, -0.2) is 0 Å². The fraction of sp³-hybridized carbons (Fsp3) is 0.429. The first kappa shape index (κ1) is 17.5. The Kier molecular flexibility index (Phi) is 6.71. The van der Waals surface area contributed by atoms with Crippen LogP contribution < -0.4 is 5.32 Å². The number of benzene rings is 2. The van der Waals surface area contributed by atoms with Gasteiger partial charge < -0.3 is 10.1 Å². The van der Waals surface area contributed by atoms with Gasteiger partial charge in [-0.3, -0.25) is 0 Å². The molecular weight excluding hydrogens is 318 g/mol. The van der Waals surface area contributed by atoms with Crippen molar-refractivity contribution >= 4 is 11.6 Å². The third-order valence-corrected chi connectivity index (χ3v) is 4.98. The quantitative estimate of drug-likeness (QED) is 0.693. The van der Waals surface area contributed by atoms with Gasteiger partial charge in [0.15, 0.2) is 0 Å². The normalized spacial score (nSPS) is 18.6. The lowest BCUT2D eigenvalue weighted by Crippen LogP contribution is -2.28. The van der Waals surface area contributed by atoms with Gasteiger partial charge in [0.1, 0.15) is 0 Å². The smallest absolute Gasteiger partial charge is 0.0700 e. The number of hydrogen-bond acceptors (Lipinski definition) is 2. The van der Waals surface area contributed by atoms with Crippen molar-refractivity contribution in [3.05, 3.63) is 70.7 Å². The second kappa shape index (κ2) is 9.22. The molecule has 0 amide bonds. The maximum Gasteiger partial charge on any atom is 0.0700 e. The van der Waals surface area contributed by atoms with Crippen molar-refractivity contribution in [3.8, 4) is 0 Å². The molecule has 3 heteroatoms. The molecule has 1 fully saturated rings. The molecule has 1 N–H and O–H groups in total. The number of rotatable bonds is 8. The minimum Gasteiger partial charge on any atom is -0.377 e. The zero-order chi connectivity index (χ0) is 16.6. The van der Waals surface area contributed by atoms with Crippen molar-refractivity contribution in [2.24, 2.45) is 0 Å². The zero-order valence-electron chi connectivity index (χ0n) is 14.1. The van der Waals surface area contributed by atoms with Gasteiger partial charge in [0.2, 0.25) is 0 Å². The molecule has 0 aromatic heterocycles. The van der Waals surface area contributed by atoms with Gasteiger partial charge in [-0.2, -0.15) is 0 Å². The third-order valence-electron chi connectivity index (χ3n) is 4.73. The molecule has 128 valence electrons. The molecule has 1 aliphatic heterocycles. The van der Waals surface area contributed by atoms with Crippen LogP contribution in [0.25, 0.3) is 0 Å². The number of halogens is 1. The van der Waals surface area contributed by atoms with E-state index in [9.17, 15) is 0 Å². The summed E-state index contributed by atoms with van der Waals surface area (Å²) in [4.78, 5) is 0. The predicted molar refractivity (Wildman–Crippen MR) is 101 cm³/mol. The summed E-state index contributed by atoms with van der Waals surface area (Å²) >= 11 is 6.05. The second-order valence-electron chi connectivity index (χ2n) is 6.57. The highest BCUT2D eigenvalue weighted by atomic mass is 35.5. The van der Waals surface area contributed by atoms with Crippen molar-refractivity contribution in [1.82, 2.24) is 5.32 Å². The van der Waals surface area contributed by atoms with Crippen LogP contribution in [0.5, 0.6) is 0 Å². The van der Waals surface area contributed by atoms with E-state index in [0.29, 0.717) is 12.0 Å². The minimum absolute atomic E-state index is 0.410. The van der Waals surface area contributed by atoms with Crippen LogP contribution in [0.2, 0.25) is 5.02 Å². The largest absolute Gasteiger partial charge is 0.377 e. The summed E-state index contributed by atoms with van der Waals surface area (Å²) in [6.45, 7) is 2.91. The van der Waals surface area contributed by atoms with E-state index in [1.54, 1.807) is 0 Å². The van der Waals surface area contributed by atoms with Crippen molar-refractivity contribution in [1.29, 1.82) is 0 Å². The minimum atomic E-state index is 0.410. The Morgan fingerprint density at radius 3 is 2.58 bits per heavy atom. The molecule has 3 rings (SSSR count). The van der Waals surface area contributed by atoms with Crippen LogP contribution in [0.15, 0.2) is 54.6 Å². The Morgan fingerprint density at radius 1 is 1.08 bits per heavy atom. The Morgan fingerprint density at radius 2 is 1.88 bits per heavy atom. The van der Waals surface area contributed by atoms with Crippen LogP contribution in [0.4, 0.5) is 0 Å². The van der Waals surface area contributed by atoms with Crippen LogP contribution in [-0.4, -0.2) is 25.8 Å². The molecule has 2 aromatic carbocycles. The van der Waals surface area contributed by atoms with E-state index >= 15 is 0 Å². The van der Waals surface area contributed by atoms with Crippen molar-refractivity contribution < 1.29 is 4.74 Å². The van der Waals surface area contributed by atoms with E-state index in [1.807, 2.05) is 12.1 Å². The fourth-order valence-electron chi connectivity index (χ4n) is 3.36. The summed E-state index contributed by atoms with van der Waals surface area (Å²) in [6.07, 6.45) is 4.98. The Balaban J connectivity index is 1.57. The van der Waals surface area contributed by atoms with Crippen LogP contribution in [0.3, 0.4) is 0 Å². The van der Waals surface area contributed by atoms with E-state index in [-0.39, 0.29) is 0 Å². The molecule has 2 aromatic rings. The molecule has 1 aliphatic rings. The van der Waals surface area contributed by atoms with Crippen LogP contribution >= 0.6 is 11.6 Å². The van der Waals surface area contributed by atoms with Gasteiger partial charge in [0.05, 0.1) is 6.10 Å². The Bertz CT molecular complexity index is 593. The summed E-state index contributed by atoms with van der Waals surface area (Å²) in [5, 5.41) is 4.37. The van der Waals surface area contributed by atoms with Crippen LogP contribution in [-0.2, 0) is 11.2 Å². The van der Waals surface area contributed by atoms with E-state index in [4.69, 9.17) is 16.3 Å². The summed E-state index contributed by atoms with van der Waals surface area (Å²) < 4.78 is 5.68. The van der Waals surface area contributed by atoms with Gasteiger partial charge in [-0.05, 0) is 61.4 Å². The highest BCUT2D eigenvalue weighted by Gasteiger charge is 2.16. The first-order valence-corrected chi connectivity index (χ1v) is 9.31. The SMILES string of the molecule is Clc1ccc([C@H](CCNC[C@@H]2CCCO2)Cc2ccccc2)cc1. The van der Waals surface area contributed by atoms with Gasteiger partial charge in [0.25, 0.3) is 0 Å². The molecule has 2 nitrogen and oxygen atoms in total. The summed E-state index contributed by atoms with van der Waals surface area (Å²) in [5.41, 5.74) is 2.75. The first-order chi connectivity index (χ1) is 11.8. The maximum absolute atomic E-state index is 6.05. The van der Waals surface area contributed by atoms with Crippen molar-refractivity contribution in [3.63, 3.8) is 0 Å². The van der Waals surface area contributed by atoms with E-state index in [2.05, 4.69) is 47.8 Å². The maximum atomic E-state index is 6.05. The van der Waals surface area contributed by atoms with Gasteiger partial charge in [0, 0.05) is 18.2 Å². The van der Waals surface area contributed by atoms with Crippen LogP contribution in [0, 0.1) is 0 Å². The number of hydrogen-bond donors (Lipinski definition) is 1. The van der Waals surface area contributed by atoms with Crippen LogP contribution in [0.1, 0.15) is 36.3 Å². The lowest BCUT2D eigenvalue weighted by atomic mass is 9.89. The Labute approximate surface area is 150 Å². The van der Waals surface area contributed by atoms with Crippen molar-refractivity contribution in [2.45, 2.75) is 37.7 Å².